The first kappa shape index (κ1) is 20.6. The Balaban J connectivity index is 1.87. The monoisotopic (exact) mass is 428 g/mol. The fraction of sp³-hybridized carbons (Fsp3) is 0.0833. The van der Waals surface area contributed by atoms with Gasteiger partial charge in [0.15, 0.2) is 11.5 Å². The van der Waals surface area contributed by atoms with E-state index in [2.05, 4.69) is 0 Å². The third kappa shape index (κ3) is 3.63. The number of nitriles is 1. The number of esters is 1. The number of hydrogen-bond donors (Lipinski definition) is 1. The SMILES string of the molecule is CC(=O)Oc1cccc(C2C(C(=O)c3ccco3)=C(O)C(=O)N2c2ccc(C#N)cc2)c1. The minimum atomic E-state index is -1.02. The second-order valence-corrected chi connectivity index (χ2v) is 6.97. The second kappa shape index (κ2) is 8.24. The number of anilines is 1. The number of amides is 1. The van der Waals surface area contributed by atoms with E-state index in [0.717, 1.165) is 0 Å². The van der Waals surface area contributed by atoms with E-state index in [0.29, 0.717) is 16.8 Å². The summed E-state index contributed by atoms with van der Waals surface area (Å²) < 4.78 is 10.3. The predicted octanol–water partition coefficient (Wildman–Crippen LogP) is 3.86. The summed E-state index contributed by atoms with van der Waals surface area (Å²) in [4.78, 5) is 38.9. The molecule has 3 aromatic rings. The van der Waals surface area contributed by atoms with E-state index < -0.39 is 29.5 Å². The standard InChI is InChI=1S/C24H16N2O6/c1-14(27)32-18-5-2-4-16(12-18)21-20(22(28)19-6-3-11-31-19)23(29)24(30)26(21)17-9-7-15(13-25)8-10-17/h2-12,21,29H,1H3. The highest BCUT2D eigenvalue weighted by Gasteiger charge is 2.45. The van der Waals surface area contributed by atoms with E-state index in [1.165, 1.54) is 48.4 Å². The molecule has 4 rings (SSSR count). The van der Waals surface area contributed by atoms with Gasteiger partial charge in [-0.1, -0.05) is 12.1 Å². The maximum absolute atomic E-state index is 13.2. The van der Waals surface area contributed by atoms with Crippen LogP contribution in [-0.2, 0) is 9.59 Å². The first-order valence-electron chi connectivity index (χ1n) is 9.54. The maximum Gasteiger partial charge on any atom is 0.308 e. The lowest BCUT2D eigenvalue weighted by molar-refractivity contribution is -0.131. The molecule has 0 bridgehead atoms. The van der Waals surface area contributed by atoms with E-state index in [1.807, 2.05) is 6.07 Å². The molecular weight excluding hydrogens is 412 g/mol. The Bertz CT molecular complexity index is 1280. The number of aliphatic hydroxyl groups excluding tert-OH is 1. The van der Waals surface area contributed by atoms with Crippen molar-refractivity contribution in [2.45, 2.75) is 13.0 Å². The molecule has 8 nitrogen and oxygen atoms in total. The molecule has 8 heteroatoms. The number of Topliss-reactive ketones (excluding diaryl/α,β-unsaturated/α-hetero) is 1. The molecule has 1 amide bonds. The van der Waals surface area contributed by atoms with Gasteiger partial charge in [-0.2, -0.15) is 5.26 Å². The molecule has 1 atom stereocenters. The van der Waals surface area contributed by atoms with Gasteiger partial charge in [0.05, 0.1) is 29.5 Å². The average Bonchev–Trinajstić information content (AvgIpc) is 3.41. The molecule has 0 spiro atoms. The van der Waals surface area contributed by atoms with Crippen molar-refractivity contribution in [2.75, 3.05) is 4.90 Å². The minimum absolute atomic E-state index is 0.0397. The zero-order valence-electron chi connectivity index (χ0n) is 16.8. The number of nitrogens with zero attached hydrogens (tertiary/aromatic N) is 2. The van der Waals surface area contributed by atoms with Crippen LogP contribution in [0.25, 0.3) is 0 Å². The summed E-state index contributed by atoms with van der Waals surface area (Å²) in [6, 6.07) is 16.4. The van der Waals surface area contributed by atoms with Gasteiger partial charge in [-0.25, -0.2) is 0 Å². The molecule has 1 unspecified atom stereocenters. The molecular formula is C24H16N2O6. The quantitative estimate of drug-likeness (QED) is 0.372. The molecule has 1 aromatic heterocycles. The van der Waals surface area contributed by atoms with Crippen LogP contribution in [0.1, 0.15) is 34.6 Å². The van der Waals surface area contributed by atoms with Gasteiger partial charge < -0.3 is 14.3 Å². The Morgan fingerprint density at radius 2 is 1.88 bits per heavy atom. The Labute approximate surface area is 182 Å². The number of aliphatic hydroxyl groups is 1. The van der Waals surface area contributed by atoms with Gasteiger partial charge in [-0.05, 0) is 54.1 Å². The Morgan fingerprint density at radius 3 is 2.50 bits per heavy atom. The second-order valence-electron chi connectivity index (χ2n) is 6.97. The smallest absolute Gasteiger partial charge is 0.308 e. The van der Waals surface area contributed by atoms with E-state index in [-0.39, 0.29) is 17.1 Å². The molecule has 0 aliphatic carbocycles. The van der Waals surface area contributed by atoms with Crippen LogP contribution in [0.5, 0.6) is 5.75 Å². The number of rotatable bonds is 5. The van der Waals surface area contributed by atoms with Crippen molar-refractivity contribution in [2.24, 2.45) is 0 Å². The molecule has 0 saturated heterocycles. The van der Waals surface area contributed by atoms with E-state index in [1.54, 1.807) is 30.3 Å². The molecule has 32 heavy (non-hydrogen) atoms. The summed E-state index contributed by atoms with van der Waals surface area (Å²) in [7, 11) is 0. The number of carbonyl (C=O) groups is 3. The third-order valence-electron chi connectivity index (χ3n) is 4.91. The van der Waals surface area contributed by atoms with Crippen molar-refractivity contribution in [3.63, 3.8) is 0 Å². The highest BCUT2D eigenvalue weighted by molar-refractivity contribution is 6.20. The summed E-state index contributed by atoms with van der Waals surface area (Å²) in [5.74, 6) is -2.49. The van der Waals surface area contributed by atoms with Gasteiger partial charge in [0.25, 0.3) is 5.91 Å². The van der Waals surface area contributed by atoms with Crippen LogP contribution in [0.15, 0.2) is 82.7 Å². The topological polar surface area (TPSA) is 121 Å². The lowest BCUT2D eigenvalue weighted by atomic mass is 9.94. The van der Waals surface area contributed by atoms with Crippen LogP contribution in [0.3, 0.4) is 0 Å². The lowest BCUT2D eigenvalue weighted by Gasteiger charge is -2.27. The molecule has 0 radical (unpaired) electrons. The van der Waals surface area contributed by atoms with E-state index in [9.17, 15) is 19.5 Å². The first-order valence-corrected chi connectivity index (χ1v) is 9.54. The van der Waals surface area contributed by atoms with E-state index in [4.69, 9.17) is 14.4 Å². The fourth-order valence-corrected chi connectivity index (χ4v) is 3.57. The van der Waals surface area contributed by atoms with Gasteiger partial charge in [0, 0.05) is 12.6 Å². The largest absolute Gasteiger partial charge is 0.503 e. The van der Waals surface area contributed by atoms with Crippen LogP contribution >= 0.6 is 0 Å². The fourth-order valence-electron chi connectivity index (χ4n) is 3.57. The normalized spacial score (nSPS) is 15.6. The maximum atomic E-state index is 13.2. The van der Waals surface area contributed by atoms with Gasteiger partial charge in [-0.15, -0.1) is 0 Å². The van der Waals surface area contributed by atoms with Crippen molar-refractivity contribution in [3.8, 4) is 11.8 Å². The number of carbonyl (C=O) groups excluding carboxylic acids is 3. The summed E-state index contributed by atoms with van der Waals surface area (Å²) in [6.45, 7) is 1.26. The molecule has 0 fully saturated rings. The summed E-state index contributed by atoms with van der Waals surface area (Å²) >= 11 is 0. The van der Waals surface area contributed by atoms with Crippen molar-refractivity contribution >= 4 is 23.3 Å². The van der Waals surface area contributed by atoms with E-state index >= 15 is 0 Å². The van der Waals surface area contributed by atoms with Crippen molar-refractivity contribution in [1.29, 1.82) is 5.26 Å². The Kier molecular flexibility index (Phi) is 5.31. The number of benzene rings is 2. The van der Waals surface area contributed by atoms with Crippen LogP contribution in [-0.4, -0.2) is 22.8 Å². The van der Waals surface area contributed by atoms with Crippen LogP contribution < -0.4 is 9.64 Å². The van der Waals surface area contributed by atoms with Crippen LogP contribution in [0, 0.1) is 11.3 Å². The highest BCUT2D eigenvalue weighted by Crippen LogP contribution is 2.42. The zero-order chi connectivity index (χ0) is 22.8. The third-order valence-corrected chi connectivity index (χ3v) is 4.91. The molecule has 1 aliphatic rings. The summed E-state index contributed by atoms with van der Waals surface area (Å²) in [5.41, 5.74) is 1.01. The minimum Gasteiger partial charge on any atom is -0.503 e. The van der Waals surface area contributed by atoms with Crippen LogP contribution in [0.2, 0.25) is 0 Å². The molecule has 2 heterocycles. The number of ketones is 1. The molecule has 1 aliphatic heterocycles. The van der Waals surface area contributed by atoms with Crippen molar-refractivity contribution in [3.05, 3.63) is 95.1 Å². The molecule has 158 valence electrons. The summed E-state index contributed by atoms with van der Waals surface area (Å²) in [6.07, 6.45) is 1.32. The number of furan rings is 1. The lowest BCUT2D eigenvalue weighted by Crippen LogP contribution is -2.31. The number of hydrogen-bond acceptors (Lipinski definition) is 7. The highest BCUT2D eigenvalue weighted by atomic mass is 16.5. The Hall–Kier alpha value is -4.64. The summed E-state index contributed by atoms with van der Waals surface area (Å²) in [5, 5.41) is 19.8. The molecule has 0 saturated carbocycles. The van der Waals surface area contributed by atoms with Crippen molar-refractivity contribution in [1.82, 2.24) is 0 Å². The zero-order valence-corrected chi connectivity index (χ0v) is 16.8. The van der Waals surface area contributed by atoms with Gasteiger partial charge in [-0.3, -0.25) is 19.3 Å². The predicted molar refractivity (Wildman–Crippen MR) is 112 cm³/mol. The Morgan fingerprint density at radius 1 is 1.12 bits per heavy atom. The number of ether oxygens (including phenoxy) is 1. The van der Waals surface area contributed by atoms with Gasteiger partial charge in [0.1, 0.15) is 5.75 Å². The molecule has 1 N–H and O–H groups in total. The van der Waals surface area contributed by atoms with Gasteiger partial charge in [0.2, 0.25) is 5.78 Å². The first-order chi connectivity index (χ1) is 15.4. The molecule has 2 aromatic carbocycles. The van der Waals surface area contributed by atoms with Gasteiger partial charge >= 0.3 is 5.97 Å². The van der Waals surface area contributed by atoms with Crippen LogP contribution in [0.4, 0.5) is 5.69 Å². The average molecular weight is 428 g/mol. The van der Waals surface area contributed by atoms with Crippen molar-refractivity contribution < 1.29 is 28.6 Å².